The van der Waals surface area contributed by atoms with Gasteiger partial charge < -0.3 is 10.6 Å². The first-order chi connectivity index (χ1) is 14.1. The van der Waals surface area contributed by atoms with Crippen LogP contribution < -0.4 is 15.5 Å². The summed E-state index contributed by atoms with van der Waals surface area (Å²) < 4.78 is 0. The molecule has 2 amide bonds. The van der Waals surface area contributed by atoms with Crippen molar-refractivity contribution in [3.8, 4) is 0 Å². The van der Waals surface area contributed by atoms with E-state index >= 15 is 0 Å². The molecule has 4 rings (SSSR count). The van der Waals surface area contributed by atoms with Crippen LogP contribution >= 0.6 is 0 Å². The summed E-state index contributed by atoms with van der Waals surface area (Å²) in [5.41, 5.74) is 4.91. The van der Waals surface area contributed by atoms with Crippen LogP contribution in [0.3, 0.4) is 0 Å². The van der Waals surface area contributed by atoms with Gasteiger partial charge in [-0.3, -0.25) is 14.5 Å². The Hall–Kier alpha value is -3.44. The number of aryl methyl sites for hydroxylation is 1. The van der Waals surface area contributed by atoms with Crippen LogP contribution in [-0.4, -0.2) is 24.9 Å². The Bertz CT molecular complexity index is 1020. The van der Waals surface area contributed by atoms with Gasteiger partial charge in [-0.1, -0.05) is 72.3 Å². The van der Waals surface area contributed by atoms with E-state index in [9.17, 15) is 9.59 Å². The minimum atomic E-state index is -0.171. The van der Waals surface area contributed by atoms with E-state index in [-0.39, 0.29) is 30.9 Å². The number of fused-ring (bicyclic) bond motifs is 1. The summed E-state index contributed by atoms with van der Waals surface area (Å²) >= 11 is 0. The molecular formula is C24H24N3O2+. The predicted octanol–water partition coefficient (Wildman–Crippen LogP) is 2.63. The third-order valence-electron chi connectivity index (χ3n) is 5.20. The van der Waals surface area contributed by atoms with Gasteiger partial charge in [0.15, 0.2) is 6.54 Å². The number of carbonyl (C=O) groups is 2. The Balaban J connectivity index is 1.56. The highest BCUT2D eigenvalue weighted by Crippen LogP contribution is 2.28. The Morgan fingerprint density at radius 2 is 1.62 bits per heavy atom. The van der Waals surface area contributed by atoms with Crippen molar-refractivity contribution < 1.29 is 14.9 Å². The fraction of sp³-hybridized carbons (Fsp3) is 0.167. The first-order valence-corrected chi connectivity index (χ1v) is 9.76. The molecule has 1 atom stereocenters. The summed E-state index contributed by atoms with van der Waals surface area (Å²) in [5, 5.41) is 4.86. The van der Waals surface area contributed by atoms with Crippen molar-refractivity contribution >= 4 is 23.2 Å². The van der Waals surface area contributed by atoms with Gasteiger partial charge in [0.1, 0.15) is 12.6 Å². The number of nitrogens with zero attached hydrogens (tertiary/aromatic N) is 1. The van der Waals surface area contributed by atoms with Gasteiger partial charge in [0.25, 0.3) is 5.91 Å². The average Bonchev–Trinajstić information content (AvgIpc) is 2.75. The van der Waals surface area contributed by atoms with Gasteiger partial charge in [-0.2, -0.15) is 0 Å². The molecule has 0 aliphatic carbocycles. The standard InChI is InChI=1S/C24H23N3O2/c1-17-11-13-19(14-12-17)24(18-7-3-2-4-8-18)25-15-23(29)27-16-22(28)26-20-9-5-6-10-21(20)27/h2-14,24-25H,15-16H2,1H3,(H,26,28)/p+1/t24-/m1/s1. The highest BCUT2D eigenvalue weighted by molar-refractivity contribution is 6.10. The summed E-state index contributed by atoms with van der Waals surface area (Å²) in [6, 6.07) is 26.0. The van der Waals surface area contributed by atoms with E-state index < -0.39 is 0 Å². The first kappa shape index (κ1) is 18.9. The van der Waals surface area contributed by atoms with Crippen LogP contribution in [0, 0.1) is 6.92 Å². The van der Waals surface area contributed by atoms with Gasteiger partial charge in [0, 0.05) is 11.1 Å². The summed E-state index contributed by atoms with van der Waals surface area (Å²) in [6.45, 7) is 2.35. The smallest absolute Gasteiger partial charge is 0.282 e. The number of amides is 2. The number of quaternary nitrogens is 1. The van der Waals surface area contributed by atoms with Crippen molar-refractivity contribution in [2.24, 2.45) is 0 Å². The lowest BCUT2D eigenvalue weighted by Gasteiger charge is -2.29. The molecule has 146 valence electrons. The molecule has 1 heterocycles. The van der Waals surface area contributed by atoms with Crippen molar-refractivity contribution in [1.82, 2.24) is 0 Å². The summed E-state index contributed by atoms with van der Waals surface area (Å²) in [6.07, 6.45) is 0. The molecule has 5 heteroatoms. The molecule has 3 aromatic carbocycles. The molecule has 1 aliphatic rings. The summed E-state index contributed by atoms with van der Waals surface area (Å²) in [4.78, 5) is 26.7. The van der Waals surface area contributed by atoms with Gasteiger partial charge in [0.2, 0.25) is 5.91 Å². The van der Waals surface area contributed by atoms with E-state index in [2.05, 4.69) is 48.6 Å². The Morgan fingerprint density at radius 3 is 2.38 bits per heavy atom. The summed E-state index contributed by atoms with van der Waals surface area (Å²) in [7, 11) is 0. The molecule has 29 heavy (non-hydrogen) atoms. The van der Waals surface area contributed by atoms with Crippen LogP contribution in [0.4, 0.5) is 11.4 Å². The lowest BCUT2D eigenvalue weighted by molar-refractivity contribution is -0.676. The van der Waals surface area contributed by atoms with Crippen molar-refractivity contribution in [2.45, 2.75) is 13.0 Å². The molecule has 3 N–H and O–H groups in total. The highest BCUT2D eigenvalue weighted by Gasteiger charge is 2.28. The lowest BCUT2D eigenvalue weighted by Crippen LogP contribution is -2.88. The molecule has 0 aromatic heterocycles. The highest BCUT2D eigenvalue weighted by atomic mass is 16.2. The van der Waals surface area contributed by atoms with Gasteiger partial charge in [-0.25, -0.2) is 0 Å². The zero-order valence-electron chi connectivity index (χ0n) is 16.3. The van der Waals surface area contributed by atoms with Gasteiger partial charge in [-0.15, -0.1) is 0 Å². The topological polar surface area (TPSA) is 66.0 Å². The molecule has 0 spiro atoms. The maximum atomic E-state index is 13.0. The Morgan fingerprint density at radius 1 is 0.966 bits per heavy atom. The van der Waals surface area contributed by atoms with Crippen molar-refractivity contribution in [3.05, 3.63) is 95.6 Å². The number of nitrogens with two attached hydrogens (primary N) is 1. The quantitative estimate of drug-likeness (QED) is 0.708. The van der Waals surface area contributed by atoms with Crippen LogP contribution in [0.2, 0.25) is 0 Å². The number of hydrogen-bond donors (Lipinski definition) is 2. The fourth-order valence-electron chi connectivity index (χ4n) is 3.68. The molecule has 5 nitrogen and oxygen atoms in total. The first-order valence-electron chi connectivity index (χ1n) is 9.76. The molecule has 0 saturated heterocycles. The van der Waals surface area contributed by atoms with Crippen LogP contribution in [0.5, 0.6) is 0 Å². The molecule has 3 aromatic rings. The SMILES string of the molecule is Cc1ccc([C@H]([NH2+]CC(=O)N2CC(=O)Nc3ccccc32)c2ccccc2)cc1. The third kappa shape index (κ3) is 4.20. The summed E-state index contributed by atoms with van der Waals surface area (Å²) in [5.74, 6) is -0.254. The number of rotatable bonds is 5. The molecule has 0 bridgehead atoms. The van der Waals surface area contributed by atoms with E-state index in [1.807, 2.05) is 47.8 Å². The van der Waals surface area contributed by atoms with Crippen molar-refractivity contribution in [1.29, 1.82) is 0 Å². The normalized spacial score (nSPS) is 14.1. The van der Waals surface area contributed by atoms with Crippen LogP contribution in [0.15, 0.2) is 78.9 Å². The van der Waals surface area contributed by atoms with E-state index in [1.54, 1.807) is 4.90 Å². The fourth-order valence-corrected chi connectivity index (χ4v) is 3.68. The second-order valence-electron chi connectivity index (χ2n) is 7.28. The van der Waals surface area contributed by atoms with E-state index in [0.717, 1.165) is 16.8 Å². The third-order valence-corrected chi connectivity index (χ3v) is 5.20. The van der Waals surface area contributed by atoms with Crippen LogP contribution in [-0.2, 0) is 9.59 Å². The number of carbonyl (C=O) groups excluding carboxylic acids is 2. The molecule has 0 fully saturated rings. The number of para-hydroxylation sites is 2. The van der Waals surface area contributed by atoms with E-state index in [1.165, 1.54) is 5.56 Å². The molecule has 0 saturated carbocycles. The monoisotopic (exact) mass is 386 g/mol. The van der Waals surface area contributed by atoms with Crippen molar-refractivity contribution in [2.75, 3.05) is 23.3 Å². The minimum Gasteiger partial charge on any atom is -0.328 e. The Kier molecular flexibility index (Phi) is 5.40. The predicted molar refractivity (Wildman–Crippen MR) is 114 cm³/mol. The van der Waals surface area contributed by atoms with Crippen molar-refractivity contribution in [3.63, 3.8) is 0 Å². The zero-order valence-corrected chi connectivity index (χ0v) is 16.3. The average molecular weight is 386 g/mol. The van der Waals surface area contributed by atoms with Crippen LogP contribution in [0.1, 0.15) is 22.7 Å². The molecule has 0 unspecified atom stereocenters. The minimum absolute atomic E-state index is 0.00890. The Labute approximate surface area is 170 Å². The maximum absolute atomic E-state index is 13.0. The van der Waals surface area contributed by atoms with E-state index in [0.29, 0.717) is 5.69 Å². The van der Waals surface area contributed by atoms with Gasteiger partial charge in [0.05, 0.1) is 11.4 Å². The molecule has 1 aliphatic heterocycles. The number of hydrogen-bond acceptors (Lipinski definition) is 2. The number of nitrogens with one attached hydrogen (secondary N) is 1. The lowest BCUT2D eigenvalue weighted by atomic mass is 9.98. The van der Waals surface area contributed by atoms with Gasteiger partial charge >= 0.3 is 0 Å². The molecule has 0 radical (unpaired) electrons. The molecular weight excluding hydrogens is 362 g/mol. The number of anilines is 2. The second kappa shape index (κ2) is 8.29. The second-order valence-corrected chi connectivity index (χ2v) is 7.28. The largest absolute Gasteiger partial charge is 0.328 e. The maximum Gasteiger partial charge on any atom is 0.282 e. The van der Waals surface area contributed by atoms with E-state index in [4.69, 9.17) is 0 Å². The number of benzene rings is 3. The van der Waals surface area contributed by atoms with Crippen LogP contribution in [0.25, 0.3) is 0 Å². The van der Waals surface area contributed by atoms with Gasteiger partial charge in [-0.05, 0) is 19.1 Å². The zero-order chi connectivity index (χ0) is 20.2.